The van der Waals surface area contributed by atoms with Crippen molar-refractivity contribution < 1.29 is 19.1 Å². The number of ether oxygens (including phenoxy) is 2. The van der Waals surface area contributed by atoms with E-state index in [-0.39, 0.29) is 17.7 Å². The van der Waals surface area contributed by atoms with Gasteiger partial charge >= 0.3 is 5.97 Å². The van der Waals surface area contributed by atoms with Crippen LogP contribution in [0.4, 0.5) is 0 Å². The molecular weight excluding hydrogens is 380 g/mol. The first-order valence-electron chi connectivity index (χ1n) is 9.75. The Hall–Kier alpha value is -3.67. The van der Waals surface area contributed by atoms with E-state index in [2.05, 4.69) is 10.3 Å². The molecule has 6 nitrogen and oxygen atoms in total. The van der Waals surface area contributed by atoms with Gasteiger partial charge in [0.2, 0.25) is 5.88 Å². The number of pyridine rings is 1. The molecule has 154 valence electrons. The van der Waals surface area contributed by atoms with Crippen LogP contribution >= 0.6 is 0 Å². The fourth-order valence-electron chi connectivity index (χ4n) is 2.64. The van der Waals surface area contributed by atoms with Crippen molar-refractivity contribution in [3.05, 3.63) is 89.6 Å². The maximum Gasteiger partial charge on any atom is 0.338 e. The normalized spacial score (nSPS) is 10.5. The van der Waals surface area contributed by atoms with Crippen LogP contribution in [0.2, 0.25) is 0 Å². The second-order valence-electron chi connectivity index (χ2n) is 7.15. The van der Waals surface area contributed by atoms with Crippen LogP contribution in [-0.2, 0) is 11.3 Å². The van der Waals surface area contributed by atoms with E-state index in [0.717, 1.165) is 5.56 Å². The van der Waals surface area contributed by atoms with Crippen molar-refractivity contribution in [1.29, 1.82) is 0 Å². The predicted octanol–water partition coefficient (Wildman–Crippen LogP) is 4.62. The fraction of sp³-hybridized carbons (Fsp3) is 0.208. The minimum Gasteiger partial charge on any atom is -0.462 e. The number of hydrogen-bond acceptors (Lipinski definition) is 5. The number of rotatable bonds is 8. The van der Waals surface area contributed by atoms with Crippen LogP contribution in [0.1, 0.15) is 40.1 Å². The molecule has 0 spiro atoms. The summed E-state index contributed by atoms with van der Waals surface area (Å²) in [6, 6.07) is 19.6. The Morgan fingerprint density at radius 3 is 2.57 bits per heavy atom. The summed E-state index contributed by atoms with van der Waals surface area (Å²) < 4.78 is 11.1. The van der Waals surface area contributed by atoms with Gasteiger partial charge in [-0.1, -0.05) is 50.2 Å². The van der Waals surface area contributed by atoms with Gasteiger partial charge in [0.25, 0.3) is 5.91 Å². The molecule has 30 heavy (non-hydrogen) atoms. The van der Waals surface area contributed by atoms with Gasteiger partial charge in [0, 0.05) is 12.7 Å². The fourth-order valence-corrected chi connectivity index (χ4v) is 2.64. The third-order valence-corrected chi connectivity index (χ3v) is 4.14. The SMILES string of the molecule is CC(C)COC(=O)c1cccc(Oc2ncccc2C(=O)NCc2ccccc2)c1. The van der Waals surface area contributed by atoms with Gasteiger partial charge in [0.1, 0.15) is 11.3 Å². The lowest BCUT2D eigenvalue weighted by molar-refractivity contribution is 0.0458. The highest BCUT2D eigenvalue weighted by Gasteiger charge is 2.15. The highest BCUT2D eigenvalue weighted by Crippen LogP contribution is 2.24. The Morgan fingerprint density at radius 1 is 1.00 bits per heavy atom. The Bertz CT molecular complexity index is 1000. The Morgan fingerprint density at radius 2 is 1.80 bits per heavy atom. The van der Waals surface area contributed by atoms with Gasteiger partial charge in [-0.2, -0.15) is 0 Å². The van der Waals surface area contributed by atoms with Crippen molar-refractivity contribution in [1.82, 2.24) is 10.3 Å². The monoisotopic (exact) mass is 404 g/mol. The van der Waals surface area contributed by atoms with Crippen LogP contribution in [-0.4, -0.2) is 23.5 Å². The zero-order valence-electron chi connectivity index (χ0n) is 17.0. The van der Waals surface area contributed by atoms with E-state index in [1.54, 1.807) is 42.6 Å². The van der Waals surface area contributed by atoms with Gasteiger partial charge in [-0.3, -0.25) is 4.79 Å². The first kappa shape index (κ1) is 21.0. The van der Waals surface area contributed by atoms with E-state index < -0.39 is 5.97 Å². The van der Waals surface area contributed by atoms with Crippen LogP contribution in [0.25, 0.3) is 0 Å². The van der Waals surface area contributed by atoms with E-state index in [0.29, 0.717) is 30.0 Å². The largest absolute Gasteiger partial charge is 0.462 e. The van der Waals surface area contributed by atoms with Crippen molar-refractivity contribution in [2.24, 2.45) is 5.92 Å². The number of hydrogen-bond donors (Lipinski definition) is 1. The molecule has 0 aliphatic carbocycles. The van der Waals surface area contributed by atoms with Crippen molar-refractivity contribution >= 4 is 11.9 Å². The first-order valence-corrected chi connectivity index (χ1v) is 9.75. The highest BCUT2D eigenvalue weighted by atomic mass is 16.5. The third kappa shape index (κ3) is 5.91. The lowest BCUT2D eigenvalue weighted by atomic mass is 10.2. The van der Waals surface area contributed by atoms with Crippen LogP contribution in [0.3, 0.4) is 0 Å². The summed E-state index contributed by atoms with van der Waals surface area (Å²) in [6.07, 6.45) is 1.55. The molecule has 1 amide bonds. The van der Waals surface area contributed by atoms with Crippen molar-refractivity contribution in [3.8, 4) is 11.6 Å². The lowest BCUT2D eigenvalue weighted by Gasteiger charge is -2.11. The molecule has 1 heterocycles. The molecular formula is C24H24N2O4. The molecule has 2 aromatic carbocycles. The number of carbonyl (C=O) groups excluding carboxylic acids is 2. The summed E-state index contributed by atoms with van der Waals surface area (Å²) in [5.74, 6) is 0.0878. The minimum absolute atomic E-state index is 0.163. The van der Waals surface area contributed by atoms with Crippen LogP contribution in [0.5, 0.6) is 11.6 Å². The average molecular weight is 404 g/mol. The number of amides is 1. The maximum absolute atomic E-state index is 12.6. The van der Waals surface area contributed by atoms with Crippen LogP contribution in [0, 0.1) is 5.92 Å². The number of carbonyl (C=O) groups is 2. The van der Waals surface area contributed by atoms with Crippen LogP contribution < -0.4 is 10.1 Å². The second kappa shape index (κ2) is 10.2. The van der Waals surface area contributed by atoms with Gasteiger partial charge in [-0.05, 0) is 41.8 Å². The van der Waals surface area contributed by atoms with Gasteiger partial charge < -0.3 is 14.8 Å². The molecule has 0 saturated carbocycles. The summed E-state index contributed by atoms with van der Waals surface area (Å²) in [5.41, 5.74) is 1.67. The quantitative estimate of drug-likeness (QED) is 0.555. The standard InChI is InChI=1S/C24H24N2O4/c1-17(2)16-29-24(28)19-10-6-11-20(14-19)30-23-21(12-7-13-25-23)22(27)26-15-18-8-4-3-5-9-18/h3-14,17H,15-16H2,1-2H3,(H,26,27). The molecule has 0 radical (unpaired) electrons. The predicted molar refractivity (Wildman–Crippen MR) is 113 cm³/mol. The molecule has 0 fully saturated rings. The van der Waals surface area contributed by atoms with Gasteiger partial charge in [0.05, 0.1) is 12.2 Å². The van der Waals surface area contributed by atoms with E-state index >= 15 is 0 Å². The van der Waals surface area contributed by atoms with E-state index in [4.69, 9.17) is 9.47 Å². The molecule has 1 N–H and O–H groups in total. The zero-order chi connectivity index (χ0) is 21.3. The summed E-state index contributed by atoms with van der Waals surface area (Å²) in [4.78, 5) is 29.0. The lowest BCUT2D eigenvalue weighted by Crippen LogP contribution is -2.23. The smallest absolute Gasteiger partial charge is 0.338 e. The number of benzene rings is 2. The molecule has 0 unspecified atom stereocenters. The van der Waals surface area contributed by atoms with Crippen molar-refractivity contribution in [2.45, 2.75) is 20.4 Å². The summed E-state index contributed by atoms with van der Waals surface area (Å²) in [5, 5.41) is 2.87. The molecule has 0 aliphatic heterocycles. The topological polar surface area (TPSA) is 77.5 Å². The maximum atomic E-state index is 12.6. The number of aromatic nitrogens is 1. The van der Waals surface area contributed by atoms with Crippen LogP contribution in [0.15, 0.2) is 72.9 Å². The van der Waals surface area contributed by atoms with Crippen molar-refractivity contribution in [3.63, 3.8) is 0 Å². The average Bonchev–Trinajstić information content (AvgIpc) is 2.77. The third-order valence-electron chi connectivity index (χ3n) is 4.14. The number of nitrogens with one attached hydrogen (secondary N) is 1. The molecule has 3 aromatic rings. The van der Waals surface area contributed by atoms with Gasteiger partial charge in [-0.25, -0.2) is 9.78 Å². The molecule has 0 atom stereocenters. The van der Waals surface area contributed by atoms with Crippen molar-refractivity contribution in [2.75, 3.05) is 6.61 Å². The van der Waals surface area contributed by atoms with E-state index in [1.165, 1.54) is 0 Å². The van der Waals surface area contributed by atoms with E-state index in [9.17, 15) is 9.59 Å². The van der Waals surface area contributed by atoms with Gasteiger partial charge in [-0.15, -0.1) is 0 Å². The number of esters is 1. The van der Waals surface area contributed by atoms with Gasteiger partial charge in [0.15, 0.2) is 0 Å². The molecule has 3 rings (SSSR count). The molecule has 1 aromatic heterocycles. The first-order chi connectivity index (χ1) is 14.5. The number of nitrogens with zero attached hydrogens (tertiary/aromatic N) is 1. The highest BCUT2D eigenvalue weighted by molar-refractivity contribution is 5.96. The Labute approximate surface area is 175 Å². The zero-order valence-corrected chi connectivity index (χ0v) is 17.0. The summed E-state index contributed by atoms with van der Waals surface area (Å²) in [7, 11) is 0. The van der Waals surface area contributed by atoms with E-state index in [1.807, 2.05) is 44.2 Å². The summed E-state index contributed by atoms with van der Waals surface area (Å²) >= 11 is 0. The molecule has 0 saturated heterocycles. The second-order valence-corrected chi connectivity index (χ2v) is 7.15. The Balaban J connectivity index is 1.71. The Kier molecular flexibility index (Phi) is 7.16. The minimum atomic E-state index is -0.420. The molecule has 0 bridgehead atoms. The molecule has 6 heteroatoms. The molecule has 0 aliphatic rings. The summed E-state index contributed by atoms with van der Waals surface area (Å²) in [6.45, 7) is 4.68.